The molecule has 0 heterocycles. The summed E-state index contributed by atoms with van der Waals surface area (Å²) in [4.78, 5) is 22.7. The second kappa shape index (κ2) is 6.92. The van der Waals surface area contributed by atoms with Gasteiger partial charge in [0.2, 0.25) is 11.8 Å². The van der Waals surface area contributed by atoms with Crippen molar-refractivity contribution in [1.82, 2.24) is 0 Å². The maximum Gasteiger partial charge on any atom is 0.224 e. The molecule has 2 N–H and O–H groups in total. The number of hydrogen-bond donors (Lipinski definition) is 2. The standard InChI is InChI=1S/C15H22N2O2/c1-10(2)5-8-15(19)17-13-6-7-14(11(3)9-13)16-12(4)18/h6-7,9-10H,5,8H2,1-4H3,(H,16,18)(H,17,19). The number of anilines is 2. The summed E-state index contributed by atoms with van der Waals surface area (Å²) < 4.78 is 0. The highest BCUT2D eigenvalue weighted by molar-refractivity contribution is 5.92. The number of amides is 2. The molecule has 0 unspecified atom stereocenters. The Kier molecular flexibility index (Phi) is 5.55. The lowest BCUT2D eigenvalue weighted by atomic mass is 10.1. The molecule has 2 amide bonds. The highest BCUT2D eigenvalue weighted by Crippen LogP contribution is 2.20. The maximum absolute atomic E-state index is 11.7. The van der Waals surface area contributed by atoms with Crippen LogP contribution in [0.3, 0.4) is 0 Å². The normalized spacial score (nSPS) is 10.4. The summed E-state index contributed by atoms with van der Waals surface area (Å²) in [5.74, 6) is 0.451. The molecule has 0 aliphatic rings. The SMILES string of the molecule is CC(=O)Nc1ccc(NC(=O)CCC(C)C)cc1C. The highest BCUT2D eigenvalue weighted by atomic mass is 16.2. The molecule has 0 spiro atoms. The summed E-state index contributed by atoms with van der Waals surface area (Å²) in [6, 6.07) is 5.46. The Morgan fingerprint density at radius 1 is 1.21 bits per heavy atom. The van der Waals surface area contributed by atoms with Crippen molar-refractivity contribution in [2.75, 3.05) is 10.6 Å². The van der Waals surface area contributed by atoms with E-state index < -0.39 is 0 Å². The molecule has 0 radical (unpaired) electrons. The Bertz CT molecular complexity index is 467. The molecule has 4 heteroatoms. The van der Waals surface area contributed by atoms with Gasteiger partial charge in [-0.05, 0) is 43.0 Å². The highest BCUT2D eigenvalue weighted by Gasteiger charge is 2.06. The molecule has 0 saturated carbocycles. The largest absolute Gasteiger partial charge is 0.326 e. The first-order valence-corrected chi connectivity index (χ1v) is 6.56. The van der Waals surface area contributed by atoms with Gasteiger partial charge in [-0.3, -0.25) is 9.59 Å². The van der Waals surface area contributed by atoms with Gasteiger partial charge >= 0.3 is 0 Å². The zero-order valence-corrected chi connectivity index (χ0v) is 12.0. The van der Waals surface area contributed by atoms with Gasteiger partial charge in [0.1, 0.15) is 0 Å². The first-order chi connectivity index (χ1) is 8.88. The molecule has 0 saturated heterocycles. The van der Waals surface area contributed by atoms with E-state index in [2.05, 4.69) is 24.5 Å². The quantitative estimate of drug-likeness (QED) is 0.855. The van der Waals surface area contributed by atoms with E-state index in [1.54, 1.807) is 12.1 Å². The van der Waals surface area contributed by atoms with Gasteiger partial charge in [0.15, 0.2) is 0 Å². The van der Waals surface area contributed by atoms with Gasteiger partial charge in [-0.1, -0.05) is 13.8 Å². The van der Waals surface area contributed by atoms with Crippen molar-refractivity contribution in [2.24, 2.45) is 5.92 Å². The molecule has 0 aromatic heterocycles. The van der Waals surface area contributed by atoms with Crippen LogP contribution in [0.25, 0.3) is 0 Å². The van der Waals surface area contributed by atoms with Crippen LogP contribution in [0.1, 0.15) is 39.2 Å². The van der Waals surface area contributed by atoms with Crippen LogP contribution in [0.15, 0.2) is 18.2 Å². The van der Waals surface area contributed by atoms with Crippen LogP contribution in [-0.4, -0.2) is 11.8 Å². The Morgan fingerprint density at radius 3 is 2.42 bits per heavy atom. The molecule has 4 nitrogen and oxygen atoms in total. The lowest BCUT2D eigenvalue weighted by molar-refractivity contribution is -0.116. The van der Waals surface area contributed by atoms with E-state index in [9.17, 15) is 9.59 Å². The van der Waals surface area contributed by atoms with Crippen LogP contribution in [0, 0.1) is 12.8 Å². The van der Waals surface area contributed by atoms with Gasteiger partial charge in [-0.25, -0.2) is 0 Å². The van der Waals surface area contributed by atoms with Gasteiger partial charge in [0.25, 0.3) is 0 Å². The molecule has 0 bridgehead atoms. The van der Waals surface area contributed by atoms with E-state index in [1.165, 1.54) is 6.92 Å². The van der Waals surface area contributed by atoms with E-state index in [0.29, 0.717) is 12.3 Å². The van der Waals surface area contributed by atoms with E-state index in [4.69, 9.17) is 0 Å². The molecule has 0 fully saturated rings. The second-order valence-corrected chi connectivity index (χ2v) is 5.19. The predicted octanol–water partition coefficient (Wildman–Crippen LogP) is 3.33. The zero-order valence-electron chi connectivity index (χ0n) is 12.0. The molecule has 104 valence electrons. The summed E-state index contributed by atoms with van der Waals surface area (Å²) in [5, 5.41) is 5.61. The molecule has 19 heavy (non-hydrogen) atoms. The van der Waals surface area contributed by atoms with Crippen molar-refractivity contribution in [3.05, 3.63) is 23.8 Å². The molecular formula is C15H22N2O2. The van der Waals surface area contributed by atoms with Gasteiger partial charge in [0, 0.05) is 24.7 Å². The maximum atomic E-state index is 11.7. The number of hydrogen-bond acceptors (Lipinski definition) is 2. The molecular weight excluding hydrogens is 240 g/mol. The van der Waals surface area contributed by atoms with Crippen molar-refractivity contribution in [3.8, 4) is 0 Å². The van der Waals surface area contributed by atoms with Crippen molar-refractivity contribution in [3.63, 3.8) is 0 Å². The van der Waals surface area contributed by atoms with E-state index in [0.717, 1.165) is 23.4 Å². The van der Waals surface area contributed by atoms with Crippen molar-refractivity contribution >= 4 is 23.2 Å². The lowest BCUT2D eigenvalue weighted by Crippen LogP contribution is -2.13. The Morgan fingerprint density at radius 2 is 1.89 bits per heavy atom. The zero-order chi connectivity index (χ0) is 14.4. The average molecular weight is 262 g/mol. The van der Waals surface area contributed by atoms with Gasteiger partial charge in [-0.15, -0.1) is 0 Å². The van der Waals surface area contributed by atoms with Crippen LogP contribution < -0.4 is 10.6 Å². The minimum atomic E-state index is -0.100. The fourth-order valence-electron chi connectivity index (χ4n) is 1.71. The Labute approximate surface area is 114 Å². The third kappa shape index (κ3) is 5.55. The second-order valence-electron chi connectivity index (χ2n) is 5.19. The molecule has 1 aromatic rings. The van der Waals surface area contributed by atoms with Crippen LogP contribution in [0.5, 0.6) is 0 Å². The summed E-state index contributed by atoms with van der Waals surface area (Å²) >= 11 is 0. The van der Waals surface area contributed by atoms with E-state index in [-0.39, 0.29) is 11.8 Å². The lowest BCUT2D eigenvalue weighted by Gasteiger charge is -2.10. The molecule has 0 aliphatic carbocycles. The fourth-order valence-corrected chi connectivity index (χ4v) is 1.71. The molecule has 1 rings (SSSR count). The van der Waals surface area contributed by atoms with Gasteiger partial charge < -0.3 is 10.6 Å². The summed E-state index contributed by atoms with van der Waals surface area (Å²) in [5.41, 5.74) is 2.46. The number of rotatable bonds is 5. The number of benzene rings is 1. The summed E-state index contributed by atoms with van der Waals surface area (Å²) in [6.45, 7) is 7.56. The number of nitrogens with one attached hydrogen (secondary N) is 2. The van der Waals surface area contributed by atoms with Crippen LogP contribution in [0.2, 0.25) is 0 Å². The van der Waals surface area contributed by atoms with Crippen LogP contribution >= 0.6 is 0 Å². The third-order valence-corrected chi connectivity index (χ3v) is 2.77. The third-order valence-electron chi connectivity index (χ3n) is 2.77. The topological polar surface area (TPSA) is 58.2 Å². The Hall–Kier alpha value is -1.84. The van der Waals surface area contributed by atoms with E-state index >= 15 is 0 Å². The average Bonchev–Trinajstić information content (AvgIpc) is 2.29. The fraction of sp³-hybridized carbons (Fsp3) is 0.467. The summed E-state index contributed by atoms with van der Waals surface area (Å²) in [6.07, 6.45) is 1.42. The van der Waals surface area contributed by atoms with Crippen molar-refractivity contribution < 1.29 is 9.59 Å². The Balaban J connectivity index is 2.63. The molecule has 0 aliphatic heterocycles. The first kappa shape index (κ1) is 15.2. The van der Waals surface area contributed by atoms with Crippen molar-refractivity contribution in [2.45, 2.75) is 40.5 Å². The van der Waals surface area contributed by atoms with Gasteiger partial charge in [0.05, 0.1) is 0 Å². The summed E-state index contributed by atoms with van der Waals surface area (Å²) in [7, 11) is 0. The van der Waals surface area contributed by atoms with Crippen molar-refractivity contribution in [1.29, 1.82) is 0 Å². The minimum Gasteiger partial charge on any atom is -0.326 e. The monoisotopic (exact) mass is 262 g/mol. The first-order valence-electron chi connectivity index (χ1n) is 6.56. The minimum absolute atomic E-state index is 0.0281. The smallest absolute Gasteiger partial charge is 0.224 e. The number of aryl methyl sites for hydroxylation is 1. The number of carbonyl (C=O) groups is 2. The predicted molar refractivity (Wildman–Crippen MR) is 78.2 cm³/mol. The van der Waals surface area contributed by atoms with Crippen LogP contribution in [0.4, 0.5) is 11.4 Å². The molecule has 1 aromatic carbocycles. The van der Waals surface area contributed by atoms with E-state index in [1.807, 2.05) is 13.0 Å². The van der Waals surface area contributed by atoms with Gasteiger partial charge in [-0.2, -0.15) is 0 Å². The number of carbonyl (C=O) groups excluding carboxylic acids is 2. The molecule has 0 atom stereocenters. The van der Waals surface area contributed by atoms with Crippen LogP contribution in [-0.2, 0) is 9.59 Å².